The fraction of sp³-hybridized carbons (Fsp3) is 0.769. The van der Waals surface area contributed by atoms with Crippen LogP contribution in [0.25, 0.3) is 0 Å². The number of nitrogens with one attached hydrogen (secondary N) is 2. The quantitative estimate of drug-likeness (QED) is 0.546. The summed E-state index contributed by atoms with van der Waals surface area (Å²) in [6.45, 7) is 0.513. The van der Waals surface area contributed by atoms with Crippen LogP contribution < -0.4 is 16.4 Å². The molecule has 3 amide bonds. The van der Waals surface area contributed by atoms with Crippen LogP contribution in [0.4, 0.5) is 4.79 Å². The fourth-order valence-corrected chi connectivity index (χ4v) is 2.48. The van der Waals surface area contributed by atoms with E-state index in [0.717, 1.165) is 6.42 Å². The Hall–Kier alpha value is -1.79. The fourth-order valence-electron chi connectivity index (χ4n) is 2.48. The SMILES string of the molecule is NC(=O)C[C@@H](NC(=O)NCCC1CCCCC1)C(=O)O. The van der Waals surface area contributed by atoms with Gasteiger partial charge < -0.3 is 21.5 Å². The average molecular weight is 285 g/mol. The van der Waals surface area contributed by atoms with E-state index < -0.39 is 30.4 Å². The molecule has 5 N–H and O–H groups in total. The summed E-state index contributed by atoms with van der Waals surface area (Å²) in [5.41, 5.74) is 4.93. The van der Waals surface area contributed by atoms with Crippen LogP contribution in [0.5, 0.6) is 0 Å². The molecule has 0 aromatic heterocycles. The molecular weight excluding hydrogens is 262 g/mol. The number of primary amides is 1. The number of nitrogens with two attached hydrogens (primary N) is 1. The van der Waals surface area contributed by atoms with Crippen LogP contribution in [0.3, 0.4) is 0 Å². The maximum absolute atomic E-state index is 11.5. The van der Waals surface area contributed by atoms with Crippen molar-refractivity contribution in [3.63, 3.8) is 0 Å². The zero-order valence-corrected chi connectivity index (χ0v) is 11.6. The van der Waals surface area contributed by atoms with Gasteiger partial charge in [-0.05, 0) is 12.3 Å². The van der Waals surface area contributed by atoms with Gasteiger partial charge in [0.15, 0.2) is 0 Å². The van der Waals surface area contributed by atoms with E-state index in [9.17, 15) is 14.4 Å². The zero-order valence-electron chi connectivity index (χ0n) is 11.6. The summed E-state index contributed by atoms with van der Waals surface area (Å²) in [7, 11) is 0. The van der Waals surface area contributed by atoms with Crippen LogP contribution in [0.15, 0.2) is 0 Å². The Morgan fingerprint density at radius 3 is 2.40 bits per heavy atom. The van der Waals surface area contributed by atoms with Crippen LogP contribution in [0.1, 0.15) is 44.9 Å². The number of hydrogen-bond donors (Lipinski definition) is 4. The molecule has 0 aromatic carbocycles. The molecular formula is C13H23N3O4. The van der Waals surface area contributed by atoms with Crippen molar-refractivity contribution in [2.75, 3.05) is 6.54 Å². The van der Waals surface area contributed by atoms with Crippen LogP contribution in [0.2, 0.25) is 0 Å². The van der Waals surface area contributed by atoms with Crippen LogP contribution in [-0.2, 0) is 9.59 Å². The van der Waals surface area contributed by atoms with Gasteiger partial charge in [0.25, 0.3) is 0 Å². The minimum atomic E-state index is -1.28. The van der Waals surface area contributed by atoms with Gasteiger partial charge in [-0.25, -0.2) is 9.59 Å². The molecule has 7 heteroatoms. The molecule has 0 radical (unpaired) electrons. The number of carbonyl (C=O) groups excluding carboxylic acids is 2. The molecule has 0 saturated heterocycles. The summed E-state index contributed by atoms with van der Waals surface area (Å²) in [6, 6.07) is -1.85. The van der Waals surface area contributed by atoms with E-state index in [4.69, 9.17) is 10.8 Å². The monoisotopic (exact) mass is 285 g/mol. The van der Waals surface area contributed by atoms with E-state index in [0.29, 0.717) is 12.5 Å². The summed E-state index contributed by atoms with van der Waals surface area (Å²) in [4.78, 5) is 33.1. The van der Waals surface area contributed by atoms with E-state index in [1.807, 2.05) is 0 Å². The highest BCUT2D eigenvalue weighted by atomic mass is 16.4. The van der Waals surface area contributed by atoms with Crippen molar-refractivity contribution >= 4 is 17.9 Å². The largest absolute Gasteiger partial charge is 0.480 e. The Kier molecular flexibility index (Phi) is 6.83. The van der Waals surface area contributed by atoms with Crippen LogP contribution >= 0.6 is 0 Å². The van der Waals surface area contributed by atoms with Gasteiger partial charge in [0.05, 0.1) is 6.42 Å². The highest BCUT2D eigenvalue weighted by Crippen LogP contribution is 2.25. The van der Waals surface area contributed by atoms with Crippen molar-refractivity contribution in [2.45, 2.75) is 51.0 Å². The van der Waals surface area contributed by atoms with E-state index >= 15 is 0 Å². The first kappa shape index (κ1) is 16.3. The molecule has 1 saturated carbocycles. The molecule has 7 nitrogen and oxygen atoms in total. The van der Waals surface area contributed by atoms with Gasteiger partial charge in [-0.1, -0.05) is 32.1 Å². The Morgan fingerprint density at radius 2 is 1.85 bits per heavy atom. The molecule has 0 aromatic rings. The predicted molar refractivity (Wildman–Crippen MR) is 73.0 cm³/mol. The second-order valence-electron chi connectivity index (χ2n) is 5.25. The van der Waals surface area contributed by atoms with Crippen molar-refractivity contribution in [1.29, 1.82) is 0 Å². The van der Waals surface area contributed by atoms with Crippen molar-refractivity contribution in [1.82, 2.24) is 10.6 Å². The zero-order chi connectivity index (χ0) is 15.0. The topological polar surface area (TPSA) is 122 Å². The molecule has 20 heavy (non-hydrogen) atoms. The second kappa shape index (κ2) is 8.39. The number of amides is 3. The molecule has 114 valence electrons. The van der Waals surface area contributed by atoms with E-state index in [-0.39, 0.29) is 0 Å². The lowest BCUT2D eigenvalue weighted by molar-refractivity contribution is -0.140. The molecule has 1 fully saturated rings. The first-order valence-electron chi connectivity index (χ1n) is 7.04. The minimum absolute atomic E-state index is 0.411. The first-order valence-corrected chi connectivity index (χ1v) is 7.04. The van der Waals surface area contributed by atoms with Gasteiger partial charge >= 0.3 is 12.0 Å². The Morgan fingerprint density at radius 1 is 1.20 bits per heavy atom. The highest BCUT2D eigenvalue weighted by Gasteiger charge is 2.22. The van der Waals surface area contributed by atoms with Gasteiger partial charge in [0.2, 0.25) is 5.91 Å². The van der Waals surface area contributed by atoms with E-state index in [2.05, 4.69) is 10.6 Å². The number of hydrogen-bond acceptors (Lipinski definition) is 3. The number of carbonyl (C=O) groups is 3. The molecule has 0 aliphatic heterocycles. The number of aliphatic carboxylic acids is 1. The van der Waals surface area contributed by atoms with Crippen LogP contribution in [-0.4, -0.2) is 35.6 Å². The summed E-state index contributed by atoms with van der Waals surface area (Å²) in [5.74, 6) is -1.39. The number of rotatable bonds is 7. The molecule has 0 spiro atoms. The standard InChI is InChI=1S/C13H23N3O4/c14-11(17)8-10(12(18)19)16-13(20)15-7-6-9-4-2-1-3-5-9/h9-10H,1-8H2,(H2,14,17)(H,18,19)(H2,15,16,20)/t10-/m1/s1. The molecule has 1 rings (SSSR count). The highest BCUT2D eigenvalue weighted by molar-refractivity contribution is 5.87. The minimum Gasteiger partial charge on any atom is -0.480 e. The second-order valence-corrected chi connectivity index (χ2v) is 5.25. The predicted octanol–water partition coefficient (Wildman–Crippen LogP) is 0.585. The summed E-state index contributed by atoms with van der Waals surface area (Å²) in [5, 5.41) is 13.7. The van der Waals surface area contributed by atoms with Gasteiger partial charge in [-0.15, -0.1) is 0 Å². The summed E-state index contributed by atoms with van der Waals surface area (Å²) < 4.78 is 0. The normalized spacial score (nSPS) is 17.2. The molecule has 0 heterocycles. The lowest BCUT2D eigenvalue weighted by Gasteiger charge is -2.21. The van der Waals surface area contributed by atoms with Crippen LogP contribution in [0, 0.1) is 5.92 Å². The lowest BCUT2D eigenvalue weighted by Crippen LogP contribution is -2.48. The average Bonchev–Trinajstić information content (AvgIpc) is 2.38. The lowest BCUT2D eigenvalue weighted by atomic mass is 9.87. The molecule has 1 atom stereocenters. The van der Waals surface area contributed by atoms with Gasteiger partial charge in [0.1, 0.15) is 6.04 Å². The Labute approximate surface area is 118 Å². The molecule has 1 aliphatic rings. The summed E-state index contributed by atoms with van der Waals surface area (Å²) in [6.07, 6.45) is 6.67. The third kappa shape index (κ3) is 6.40. The number of carboxylic acid groups (broad SMARTS) is 1. The first-order chi connectivity index (χ1) is 9.49. The van der Waals surface area contributed by atoms with Gasteiger partial charge in [-0.3, -0.25) is 4.79 Å². The maximum Gasteiger partial charge on any atom is 0.326 e. The summed E-state index contributed by atoms with van der Waals surface area (Å²) >= 11 is 0. The van der Waals surface area contributed by atoms with Crippen molar-refractivity contribution in [3.05, 3.63) is 0 Å². The number of carboxylic acids is 1. The maximum atomic E-state index is 11.5. The Bertz CT molecular complexity index is 354. The van der Waals surface area contributed by atoms with Crippen molar-refractivity contribution in [2.24, 2.45) is 11.7 Å². The van der Waals surface area contributed by atoms with Gasteiger partial charge in [-0.2, -0.15) is 0 Å². The third-order valence-electron chi connectivity index (χ3n) is 3.57. The van der Waals surface area contributed by atoms with E-state index in [1.54, 1.807) is 0 Å². The molecule has 1 aliphatic carbocycles. The van der Waals surface area contributed by atoms with Gasteiger partial charge in [0, 0.05) is 6.54 Å². The molecule has 0 unspecified atom stereocenters. The smallest absolute Gasteiger partial charge is 0.326 e. The molecule has 0 bridgehead atoms. The third-order valence-corrected chi connectivity index (χ3v) is 3.57. The number of urea groups is 1. The Balaban J connectivity index is 2.23. The van der Waals surface area contributed by atoms with Crippen molar-refractivity contribution in [3.8, 4) is 0 Å². The van der Waals surface area contributed by atoms with E-state index in [1.165, 1.54) is 32.1 Å². The van der Waals surface area contributed by atoms with Crippen molar-refractivity contribution < 1.29 is 19.5 Å².